The number of hydrogen-bond donors (Lipinski definition) is 1. The first-order chi connectivity index (χ1) is 16.7. The minimum Gasteiger partial charge on any atom is -0.482 e. The van der Waals surface area contributed by atoms with Crippen LogP contribution in [0, 0.1) is 0 Å². The first-order valence-electron chi connectivity index (χ1n) is 11.0. The van der Waals surface area contributed by atoms with Gasteiger partial charge in [-0.2, -0.15) is 0 Å². The van der Waals surface area contributed by atoms with Gasteiger partial charge in [-0.05, 0) is 41.3 Å². The van der Waals surface area contributed by atoms with Crippen molar-refractivity contribution in [3.05, 3.63) is 95.1 Å². The molecular weight excluding hydrogens is 470 g/mol. The van der Waals surface area contributed by atoms with Crippen LogP contribution in [0.15, 0.2) is 77.7 Å². The van der Waals surface area contributed by atoms with Crippen molar-refractivity contribution >= 4 is 21.9 Å². The van der Waals surface area contributed by atoms with Crippen LogP contribution in [-0.4, -0.2) is 49.9 Å². The third-order valence-corrected chi connectivity index (χ3v) is 6.89. The van der Waals surface area contributed by atoms with E-state index < -0.39 is 34.5 Å². The Kier molecular flexibility index (Phi) is 7.07. The van der Waals surface area contributed by atoms with Gasteiger partial charge < -0.3 is 14.6 Å². The second-order valence-electron chi connectivity index (χ2n) is 8.24. The molecule has 0 aliphatic carbocycles. The van der Waals surface area contributed by atoms with Gasteiger partial charge in [-0.3, -0.25) is 4.90 Å². The summed E-state index contributed by atoms with van der Waals surface area (Å²) >= 11 is 0. The number of carbonyl (C=O) groups is 2. The highest BCUT2D eigenvalue weighted by Crippen LogP contribution is 2.40. The molecule has 9 heteroatoms. The van der Waals surface area contributed by atoms with Crippen LogP contribution in [0.4, 0.5) is 4.79 Å². The zero-order valence-electron chi connectivity index (χ0n) is 19.1. The molecule has 1 N–H and O–H groups in total. The third-order valence-electron chi connectivity index (χ3n) is 5.78. The summed E-state index contributed by atoms with van der Waals surface area (Å²) in [6.45, 7) is -0.203. The van der Waals surface area contributed by atoms with Gasteiger partial charge in [0, 0.05) is 18.4 Å². The van der Waals surface area contributed by atoms with Crippen LogP contribution >= 0.6 is 0 Å². The van der Waals surface area contributed by atoms with E-state index >= 15 is 0 Å². The standard InChI is InChI=1S/C26H25NO7S/c1-35(31,32)20-11-12-23(33-17-24(28)29)22(15-20)25-21-10-6-5-9-19(21)13-14-27(25)26(30)34-16-18-7-3-2-4-8-18/h2-12,15,25H,13-14,16-17H2,1H3,(H,28,29). The smallest absolute Gasteiger partial charge is 0.410 e. The molecule has 1 aliphatic rings. The minimum atomic E-state index is -3.58. The van der Waals surface area contributed by atoms with Crippen molar-refractivity contribution in [2.45, 2.75) is 24.0 Å². The maximum Gasteiger partial charge on any atom is 0.410 e. The maximum atomic E-state index is 13.3. The van der Waals surface area contributed by atoms with Crippen molar-refractivity contribution in [3.63, 3.8) is 0 Å². The summed E-state index contributed by atoms with van der Waals surface area (Å²) in [7, 11) is -3.58. The first-order valence-corrected chi connectivity index (χ1v) is 12.9. The van der Waals surface area contributed by atoms with E-state index in [9.17, 15) is 18.0 Å². The highest BCUT2D eigenvalue weighted by molar-refractivity contribution is 7.90. The van der Waals surface area contributed by atoms with Crippen molar-refractivity contribution in [2.24, 2.45) is 0 Å². The largest absolute Gasteiger partial charge is 0.482 e. The minimum absolute atomic E-state index is 0.0378. The molecule has 4 rings (SSSR count). The van der Waals surface area contributed by atoms with E-state index in [2.05, 4.69) is 0 Å². The van der Waals surface area contributed by atoms with Gasteiger partial charge >= 0.3 is 12.1 Å². The van der Waals surface area contributed by atoms with Crippen molar-refractivity contribution in [3.8, 4) is 5.75 Å². The Balaban J connectivity index is 1.77. The Morgan fingerprint density at radius 2 is 1.71 bits per heavy atom. The topological polar surface area (TPSA) is 110 Å². The van der Waals surface area contributed by atoms with Crippen LogP contribution in [0.2, 0.25) is 0 Å². The lowest BCUT2D eigenvalue weighted by molar-refractivity contribution is -0.139. The van der Waals surface area contributed by atoms with Gasteiger partial charge in [0.15, 0.2) is 16.4 Å². The van der Waals surface area contributed by atoms with Gasteiger partial charge in [-0.15, -0.1) is 0 Å². The van der Waals surface area contributed by atoms with Crippen LogP contribution in [0.3, 0.4) is 0 Å². The quantitative estimate of drug-likeness (QED) is 0.530. The van der Waals surface area contributed by atoms with Gasteiger partial charge in [0.2, 0.25) is 0 Å². The first kappa shape index (κ1) is 24.3. The zero-order chi connectivity index (χ0) is 25.0. The van der Waals surface area contributed by atoms with Gasteiger partial charge in [-0.25, -0.2) is 18.0 Å². The summed E-state index contributed by atoms with van der Waals surface area (Å²) in [4.78, 5) is 26.0. The van der Waals surface area contributed by atoms with Crippen LogP contribution in [0.5, 0.6) is 5.75 Å². The van der Waals surface area contributed by atoms with Crippen LogP contribution in [0.25, 0.3) is 0 Å². The normalized spacial score (nSPS) is 15.2. The molecule has 1 aliphatic heterocycles. The number of nitrogens with zero attached hydrogens (tertiary/aromatic N) is 1. The molecular formula is C26H25NO7S. The second kappa shape index (κ2) is 10.2. The van der Waals surface area contributed by atoms with E-state index in [1.807, 2.05) is 54.6 Å². The lowest BCUT2D eigenvalue weighted by Gasteiger charge is -2.37. The Bertz CT molecular complexity index is 1340. The summed E-state index contributed by atoms with van der Waals surface area (Å²) in [5.41, 5.74) is 3.00. The number of ether oxygens (including phenoxy) is 2. The van der Waals surface area contributed by atoms with Gasteiger partial charge in [0.05, 0.1) is 10.9 Å². The number of hydrogen-bond acceptors (Lipinski definition) is 6. The summed E-state index contributed by atoms with van der Waals surface area (Å²) in [6.07, 6.45) is 1.11. The van der Waals surface area contributed by atoms with E-state index in [-0.39, 0.29) is 17.3 Å². The summed E-state index contributed by atoms with van der Waals surface area (Å²) in [6, 6.07) is 20.3. The van der Waals surface area contributed by atoms with E-state index in [1.165, 1.54) is 23.1 Å². The summed E-state index contributed by atoms with van der Waals surface area (Å²) in [5.74, 6) is -0.992. The molecule has 3 aromatic rings. The fraction of sp³-hybridized carbons (Fsp3) is 0.231. The molecule has 0 bridgehead atoms. The van der Waals surface area contributed by atoms with Gasteiger partial charge in [0.25, 0.3) is 0 Å². The Hall–Kier alpha value is -3.85. The number of carboxylic acids is 1. The monoisotopic (exact) mass is 495 g/mol. The molecule has 0 fully saturated rings. The molecule has 8 nitrogen and oxygen atoms in total. The maximum absolute atomic E-state index is 13.3. The molecule has 0 radical (unpaired) electrons. The number of carboxylic acid groups (broad SMARTS) is 1. The SMILES string of the molecule is CS(=O)(=O)c1ccc(OCC(=O)O)c(C2c3ccccc3CCN2C(=O)OCc2ccccc2)c1. The molecule has 1 amide bonds. The molecule has 1 heterocycles. The van der Waals surface area contributed by atoms with Crippen molar-refractivity contribution in [1.82, 2.24) is 4.90 Å². The Morgan fingerprint density at radius 3 is 2.43 bits per heavy atom. The van der Waals surface area contributed by atoms with E-state index in [4.69, 9.17) is 14.6 Å². The third kappa shape index (κ3) is 5.63. The number of sulfone groups is 1. The van der Waals surface area contributed by atoms with E-state index in [0.29, 0.717) is 18.5 Å². The molecule has 3 aromatic carbocycles. The number of amides is 1. The molecule has 0 saturated carbocycles. The predicted molar refractivity (Wildman–Crippen MR) is 128 cm³/mol. The Labute approximate surface area is 203 Å². The highest BCUT2D eigenvalue weighted by Gasteiger charge is 2.35. The summed E-state index contributed by atoms with van der Waals surface area (Å²) < 4.78 is 35.8. The number of rotatable bonds is 7. The summed E-state index contributed by atoms with van der Waals surface area (Å²) in [5, 5.41) is 9.13. The number of benzene rings is 3. The van der Waals surface area contributed by atoms with Crippen LogP contribution < -0.4 is 4.74 Å². The number of fused-ring (bicyclic) bond motifs is 1. The van der Waals surface area contributed by atoms with Crippen LogP contribution in [0.1, 0.15) is 28.3 Å². The Morgan fingerprint density at radius 1 is 1.00 bits per heavy atom. The highest BCUT2D eigenvalue weighted by atomic mass is 32.2. The average Bonchev–Trinajstić information content (AvgIpc) is 2.85. The molecule has 0 saturated heterocycles. The molecule has 1 unspecified atom stereocenters. The fourth-order valence-electron chi connectivity index (χ4n) is 4.14. The van der Waals surface area contributed by atoms with Crippen molar-refractivity contribution < 1.29 is 32.6 Å². The van der Waals surface area contributed by atoms with Crippen molar-refractivity contribution in [2.75, 3.05) is 19.4 Å². The molecule has 0 aromatic heterocycles. The molecule has 182 valence electrons. The zero-order valence-corrected chi connectivity index (χ0v) is 19.9. The van der Waals surface area contributed by atoms with E-state index in [1.54, 1.807) is 0 Å². The molecule has 1 atom stereocenters. The van der Waals surface area contributed by atoms with E-state index in [0.717, 1.165) is 22.9 Å². The lowest BCUT2D eigenvalue weighted by atomic mass is 9.88. The fourth-order valence-corrected chi connectivity index (χ4v) is 4.80. The van der Waals surface area contributed by atoms with Crippen LogP contribution in [-0.2, 0) is 32.4 Å². The molecule has 0 spiro atoms. The molecule has 35 heavy (non-hydrogen) atoms. The number of aliphatic carboxylic acids is 1. The second-order valence-corrected chi connectivity index (χ2v) is 10.3. The van der Waals surface area contributed by atoms with Crippen molar-refractivity contribution in [1.29, 1.82) is 0 Å². The number of carbonyl (C=O) groups excluding carboxylic acids is 1. The van der Waals surface area contributed by atoms with Gasteiger partial charge in [-0.1, -0.05) is 54.6 Å². The lowest BCUT2D eigenvalue weighted by Crippen LogP contribution is -2.41. The van der Waals surface area contributed by atoms with Gasteiger partial charge in [0.1, 0.15) is 12.4 Å². The predicted octanol–water partition coefficient (Wildman–Crippen LogP) is 3.84. The average molecular weight is 496 g/mol.